The fourth-order valence-electron chi connectivity index (χ4n) is 3.03. The van der Waals surface area contributed by atoms with Crippen LogP contribution in [0.3, 0.4) is 0 Å². The van der Waals surface area contributed by atoms with E-state index in [1.807, 2.05) is 20.8 Å². The summed E-state index contributed by atoms with van der Waals surface area (Å²) in [5.74, 6) is 0.126. The number of rotatable bonds is 4. The molecular formula is C15H26N2O3. The van der Waals surface area contributed by atoms with Crippen molar-refractivity contribution < 1.29 is 14.3 Å². The lowest BCUT2D eigenvalue weighted by Gasteiger charge is -2.41. The number of piperazine rings is 1. The lowest BCUT2D eigenvalue weighted by Crippen LogP contribution is -2.65. The molecule has 2 aliphatic heterocycles. The first kappa shape index (κ1) is 15.3. The molecule has 2 aliphatic rings. The third kappa shape index (κ3) is 3.14. The summed E-state index contributed by atoms with van der Waals surface area (Å²) in [4.78, 5) is 26.6. The summed E-state index contributed by atoms with van der Waals surface area (Å²) in [5.41, 5.74) is 0. The van der Waals surface area contributed by atoms with E-state index in [0.29, 0.717) is 13.0 Å². The van der Waals surface area contributed by atoms with Crippen LogP contribution in [0.25, 0.3) is 0 Å². The first-order valence-electron chi connectivity index (χ1n) is 7.77. The molecule has 0 aromatic carbocycles. The van der Waals surface area contributed by atoms with Crippen LogP contribution in [-0.2, 0) is 14.3 Å². The zero-order valence-corrected chi connectivity index (χ0v) is 12.7. The second-order valence-electron chi connectivity index (χ2n) is 6.13. The van der Waals surface area contributed by atoms with Gasteiger partial charge in [-0.25, -0.2) is 0 Å². The maximum atomic E-state index is 12.6. The molecule has 2 saturated heterocycles. The van der Waals surface area contributed by atoms with Gasteiger partial charge in [0.2, 0.25) is 11.8 Å². The molecule has 2 fully saturated rings. The van der Waals surface area contributed by atoms with Crippen molar-refractivity contribution >= 4 is 11.8 Å². The molecule has 5 nitrogen and oxygen atoms in total. The Morgan fingerprint density at radius 2 is 2.10 bits per heavy atom. The normalized spacial score (nSPS) is 31.6. The minimum atomic E-state index is -0.395. The Kier molecular flexibility index (Phi) is 5.02. The van der Waals surface area contributed by atoms with Crippen molar-refractivity contribution in [1.82, 2.24) is 10.2 Å². The molecule has 5 heteroatoms. The molecule has 1 N–H and O–H groups in total. The highest BCUT2D eigenvalue weighted by molar-refractivity contribution is 5.97. The lowest BCUT2D eigenvalue weighted by atomic mass is 9.96. The number of ether oxygens (including phenoxy) is 1. The fraction of sp³-hybridized carbons (Fsp3) is 0.867. The van der Waals surface area contributed by atoms with Crippen molar-refractivity contribution in [1.29, 1.82) is 0 Å². The van der Waals surface area contributed by atoms with Gasteiger partial charge in [-0.15, -0.1) is 0 Å². The van der Waals surface area contributed by atoms with Gasteiger partial charge < -0.3 is 15.0 Å². The highest BCUT2D eigenvalue weighted by atomic mass is 16.5. The van der Waals surface area contributed by atoms with E-state index in [4.69, 9.17) is 4.74 Å². The van der Waals surface area contributed by atoms with Gasteiger partial charge in [-0.3, -0.25) is 9.59 Å². The van der Waals surface area contributed by atoms with E-state index >= 15 is 0 Å². The van der Waals surface area contributed by atoms with Gasteiger partial charge in [-0.2, -0.15) is 0 Å². The Bertz CT molecular complexity index is 364. The Labute approximate surface area is 121 Å². The Hall–Kier alpha value is -1.10. The van der Waals surface area contributed by atoms with E-state index < -0.39 is 6.04 Å². The largest absolute Gasteiger partial charge is 0.376 e. The molecule has 20 heavy (non-hydrogen) atoms. The van der Waals surface area contributed by atoms with Crippen LogP contribution in [-0.4, -0.2) is 48.1 Å². The predicted molar refractivity (Wildman–Crippen MR) is 76.2 cm³/mol. The molecule has 2 heterocycles. The van der Waals surface area contributed by atoms with Gasteiger partial charge in [0.05, 0.1) is 6.10 Å². The molecule has 3 atom stereocenters. The van der Waals surface area contributed by atoms with Crippen molar-refractivity contribution in [2.24, 2.45) is 5.92 Å². The number of hydrogen-bond donors (Lipinski definition) is 1. The van der Waals surface area contributed by atoms with Gasteiger partial charge >= 0.3 is 0 Å². The Morgan fingerprint density at radius 1 is 1.35 bits per heavy atom. The molecule has 3 unspecified atom stereocenters. The third-order valence-electron chi connectivity index (χ3n) is 4.25. The molecule has 114 valence electrons. The fourth-order valence-corrected chi connectivity index (χ4v) is 3.03. The number of hydrogen-bond acceptors (Lipinski definition) is 3. The summed E-state index contributed by atoms with van der Waals surface area (Å²) in [6.45, 7) is 7.19. The van der Waals surface area contributed by atoms with Gasteiger partial charge in [-0.1, -0.05) is 20.8 Å². The molecule has 0 aromatic rings. The summed E-state index contributed by atoms with van der Waals surface area (Å²) < 4.78 is 5.73. The first-order valence-corrected chi connectivity index (χ1v) is 7.77. The van der Waals surface area contributed by atoms with Gasteiger partial charge in [-0.05, 0) is 31.6 Å². The van der Waals surface area contributed by atoms with Gasteiger partial charge in [0, 0.05) is 13.2 Å². The van der Waals surface area contributed by atoms with Crippen LogP contribution in [0.1, 0.15) is 46.5 Å². The van der Waals surface area contributed by atoms with Crippen LogP contribution in [0.5, 0.6) is 0 Å². The van der Waals surface area contributed by atoms with Crippen molar-refractivity contribution in [2.45, 2.75) is 64.6 Å². The van der Waals surface area contributed by atoms with Crippen molar-refractivity contribution in [3.8, 4) is 0 Å². The van der Waals surface area contributed by atoms with Crippen LogP contribution in [0, 0.1) is 5.92 Å². The van der Waals surface area contributed by atoms with Crippen LogP contribution in [0.15, 0.2) is 0 Å². The molecule has 0 saturated carbocycles. The second kappa shape index (κ2) is 6.57. The summed E-state index contributed by atoms with van der Waals surface area (Å²) in [7, 11) is 0. The van der Waals surface area contributed by atoms with E-state index in [1.54, 1.807) is 4.90 Å². The monoisotopic (exact) mass is 282 g/mol. The topological polar surface area (TPSA) is 58.6 Å². The number of carbonyl (C=O) groups is 2. The van der Waals surface area contributed by atoms with Crippen LogP contribution in [0.4, 0.5) is 0 Å². The number of nitrogens with one attached hydrogen (secondary N) is 1. The molecule has 0 aliphatic carbocycles. The summed E-state index contributed by atoms with van der Waals surface area (Å²) >= 11 is 0. The predicted octanol–water partition coefficient (Wildman–Crippen LogP) is 1.32. The zero-order valence-electron chi connectivity index (χ0n) is 12.7. The molecule has 0 aromatic heterocycles. The van der Waals surface area contributed by atoms with Gasteiger partial charge in [0.25, 0.3) is 0 Å². The number of amides is 2. The maximum absolute atomic E-state index is 12.6. The number of nitrogens with zero attached hydrogens (tertiary/aromatic N) is 1. The highest BCUT2D eigenvalue weighted by Crippen LogP contribution is 2.21. The zero-order chi connectivity index (χ0) is 14.7. The van der Waals surface area contributed by atoms with Crippen molar-refractivity contribution in [3.63, 3.8) is 0 Å². The first-order chi connectivity index (χ1) is 9.54. The average Bonchev–Trinajstić information content (AvgIpc) is 2.43. The molecule has 0 radical (unpaired) electrons. The SMILES string of the molecule is CCC1C(=O)NC(C(C)C)C(=O)N1CC1CCCCO1. The van der Waals surface area contributed by atoms with Gasteiger partial charge in [0.15, 0.2) is 0 Å². The van der Waals surface area contributed by atoms with Crippen LogP contribution < -0.4 is 5.32 Å². The van der Waals surface area contributed by atoms with Crippen molar-refractivity contribution in [3.05, 3.63) is 0 Å². The van der Waals surface area contributed by atoms with E-state index in [0.717, 1.165) is 25.9 Å². The van der Waals surface area contributed by atoms with Crippen molar-refractivity contribution in [2.75, 3.05) is 13.2 Å². The Morgan fingerprint density at radius 3 is 2.65 bits per heavy atom. The molecule has 0 bridgehead atoms. The molecular weight excluding hydrogens is 256 g/mol. The standard InChI is InChI=1S/C15H26N2O3/c1-4-12-14(18)16-13(10(2)3)15(19)17(12)9-11-7-5-6-8-20-11/h10-13H,4-9H2,1-3H3,(H,16,18). The molecule has 2 rings (SSSR count). The summed E-state index contributed by atoms with van der Waals surface area (Å²) in [6.07, 6.45) is 3.95. The minimum absolute atomic E-state index is 0.0263. The summed E-state index contributed by atoms with van der Waals surface area (Å²) in [6, 6.07) is -0.739. The second-order valence-corrected chi connectivity index (χ2v) is 6.13. The third-order valence-corrected chi connectivity index (χ3v) is 4.25. The summed E-state index contributed by atoms with van der Waals surface area (Å²) in [5, 5.41) is 2.86. The van der Waals surface area contributed by atoms with Crippen LogP contribution >= 0.6 is 0 Å². The number of carbonyl (C=O) groups excluding carboxylic acids is 2. The van der Waals surface area contributed by atoms with Gasteiger partial charge in [0.1, 0.15) is 12.1 Å². The minimum Gasteiger partial charge on any atom is -0.376 e. The smallest absolute Gasteiger partial charge is 0.246 e. The molecule has 0 spiro atoms. The Balaban J connectivity index is 2.11. The van der Waals surface area contributed by atoms with E-state index in [2.05, 4.69) is 5.32 Å². The van der Waals surface area contributed by atoms with E-state index in [1.165, 1.54) is 0 Å². The average molecular weight is 282 g/mol. The van der Waals surface area contributed by atoms with E-state index in [-0.39, 0.29) is 29.9 Å². The maximum Gasteiger partial charge on any atom is 0.246 e. The van der Waals surface area contributed by atoms with Crippen LogP contribution in [0.2, 0.25) is 0 Å². The highest BCUT2D eigenvalue weighted by Gasteiger charge is 2.41. The molecule has 2 amide bonds. The quantitative estimate of drug-likeness (QED) is 0.846. The van der Waals surface area contributed by atoms with E-state index in [9.17, 15) is 9.59 Å². The lowest BCUT2D eigenvalue weighted by molar-refractivity contribution is -0.153.